The van der Waals surface area contributed by atoms with E-state index < -0.39 is 0 Å². The summed E-state index contributed by atoms with van der Waals surface area (Å²) in [7, 11) is 0. The van der Waals surface area contributed by atoms with E-state index in [4.69, 9.17) is 0 Å². The summed E-state index contributed by atoms with van der Waals surface area (Å²) in [5, 5.41) is 0. The first kappa shape index (κ1) is 32.8. The molecule has 0 saturated carbocycles. The van der Waals surface area contributed by atoms with Crippen molar-refractivity contribution < 1.29 is 0 Å². The molecule has 0 saturated heterocycles. The van der Waals surface area contributed by atoms with Gasteiger partial charge in [0, 0.05) is 12.4 Å². The summed E-state index contributed by atoms with van der Waals surface area (Å²) < 4.78 is 0. The summed E-state index contributed by atoms with van der Waals surface area (Å²) in [6, 6.07) is 5.72. The van der Waals surface area contributed by atoms with Crippen molar-refractivity contribution in [1.29, 1.82) is 0 Å². The van der Waals surface area contributed by atoms with E-state index in [1.54, 1.807) is 12.4 Å². The molecule has 0 aliphatic rings. The number of nitrogens with zero attached hydrogens (tertiary/aromatic N) is 1. The van der Waals surface area contributed by atoms with Crippen LogP contribution in [-0.4, -0.2) is 4.98 Å². The van der Waals surface area contributed by atoms with Crippen LogP contribution in [0.4, 0.5) is 0 Å². The second-order valence-corrected chi connectivity index (χ2v) is 8.23. The van der Waals surface area contributed by atoms with Crippen LogP contribution in [0.5, 0.6) is 0 Å². The van der Waals surface area contributed by atoms with E-state index in [9.17, 15) is 0 Å². The zero-order valence-electron chi connectivity index (χ0n) is 20.5. The lowest BCUT2D eigenvalue weighted by atomic mass is 10.2. The summed E-state index contributed by atoms with van der Waals surface area (Å²) in [5.74, 6) is 3.54. The smallest absolute Gasteiger partial charge is 0.0267 e. The second-order valence-electron chi connectivity index (χ2n) is 8.23. The molecule has 0 aromatic carbocycles. The molecule has 0 fully saturated rings. The van der Waals surface area contributed by atoms with Crippen LogP contribution in [0.15, 0.2) is 30.6 Å². The Hall–Kier alpha value is -0.850. The largest absolute Gasteiger partial charge is 0.265 e. The molecule has 1 rings (SSSR count). The zero-order valence-corrected chi connectivity index (χ0v) is 20.5. The molecule has 0 radical (unpaired) electrons. The van der Waals surface area contributed by atoms with E-state index in [0.29, 0.717) is 0 Å². The lowest BCUT2D eigenvalue weighted by molar-refractivity contribution is 0.626. The molecule has 1 aromatic heterocycles. The Morgan fingerprint density at radius 1 is 0.462 bits per heavy atom. The van der Waals surface area contributed by atoms with Crippen molar-refractivity contribution in [2.24, 2.45) is 23.7 Å². The quantitative estimate of drug-likeness (QED) is 0.516. The van der Waals surface area contributed by atoms with Crippen LogP contribution >= 0.6 is 0 Å². The van der Waals surface area contributed by atoms with Crippen molar-refractivity contribution in [3.63, 3.8) is 0 Å². The van der Waals surface area contributed by atoms with E-state index in [0.717, 1.165) is 23.7 Å². The van der Waals surface area contributed by atoms with E-state index in [1.807, 2.05) is 18.2 Å². The Labute approximate surface area is 168 Å². The first-order chi connectivity index (χ1) is 12.1. The third kappa shape index (κ3) is 65.7. The van der Waals surface area contributed by atoms with Gasteiger partial charge in [-0.15, -0.1) is 0 Å². The van der Waals surface area contributed by atoms with Crippen LogP contribution in [0, 0.1) is 23.7 Å². The van der Waals surface area contributed by atoms with Gasteiger partial charge in [-0.3, -0.25) is 4.98 Å². The van der Waals surface area contributed by atoms with Crippen LogP contribution in [0.1, 0.15) is 109 Å². The monoisotopic (exact) mass is 367 g/mol. The molecule has 0 aliphatic carbocycles. The average molecular weight is 368 g/mol. The van der Waals surface area contributed by atoms with Crippen molar-refractivity contribution in [3.05, 3.63) is 30.6 Å². The SMILES string of the molecule is CCC(C)C.CCC(C)C.CCC(C)C.CCC(C)C.c1ccncc1. The van der Waals surface area contributed by atoms with Gasteiger partial charge in [0.25, 0.3) is 0 Å². The fourth-order valence-corrected chi connectivity index (χ4v) is 0.313. The maximum atomic E-state index is 3.78. The molecule has 1 nitrogen and oxygen atoms in total. The molecule has 158 valence electrons. The molecule has 1 heterocycles. The zero-order chi connectivity index (χ0) is 21.4. The van der Waals surface area contributed by atoms with Gasteiger partial charge in [-0.1, -0.05) is 115 Å². The van der Waals surface area contributed by atoms with Crippen molar-refractivity contribution in [3.8, 4) is 0 Å². The minimum Gasteiger partial charge on any atom is -0.265 e. The predicted molar refractivity (Wildman–Crippen MR) is 125 cm³/mol. The molecule has 0 unspecified atom stereocenters. The Kier molecular flexibility index (Phi) is 36.5. The number of aromatic nitrogens is 1. The normalized spacial score (nSPS) is 9.23. The standard InChI is InChI=1S/C5H5N.4C5H12/c1-2-4-6-5-3-1;4*1-4-5(2)3/h1-5H;4*5H,4H2,1-3H3. The van der Waals surface area contributed by atoms with Gasteiger partial charge in [0.15, 0.2) is 0 Å². The third-order valence-corrected chi connectivity index (χ3v) is 3.83. The molecule has 1 aromatic rings. The molecular weight excluding hydrogens is 314 g/mol. The van der Waals surface area contributed by atoms with Crippen LogP contribution in [0.3, 0.4) is 0 Å². The fraction of sp³-hybridized carbons (Fsp3) is 0.800. The third-order valence-electron chi connectivity index (χ3n) is 3.83. The van der Waals surface area contributed by atoms with Gasteiger partial charge in [0.2, 0.25) is 0 Å². The van der Waals surface area contributed by atoms with Crippen LogP contribution in [0.25, 0.3) is 0 Å². The maximum Gasteiger partial charge on any atom is 0.0267 e. The minimum absolute atomic E-state index is 0.884. The first-order valence-corrected chi connectivity index (χ1v) is 10.9. The van der Waals surface area contributed by atoms with Crippen molar-refractivity contribution in [2.75, 3.05) is 0 Å². The van der Waals surface area contributed by atoms with Crippen molar-refractivity contribution >= 4 is 0 Å². The lowest BCUT2D eigenvalue weighted by Crippen LogP contribution is -1.77. The van der Waals surface area contributed by atoms with E-state index in [1.165, 1.54) is 25.7 Å². The molecule has 26 heavy (non-hydrogen) atoms. The fourth-order valence-electron chi connectivity index (χ4n) is 0.313. The highest BCUT2D eigenvalue weighted by Crippen LogP contribution is 1.95. The maximum absolute atomic E-state index is 3.78. The Morgan fingerprint density at radius 3 is 0.692 bits per heavy atom. The number of rotatable bonds is 4. The van der Waals surface area contributed by atoms with Gasteiger partial charge in [-0.25, -0.2) is 0 Å². The molecular formula is C25H53N. The molecule has 0 bridgehead atoms. The van der Waals surface area contributed by atoms with Gasteiger partial charge in [-0.2, -0.15) is 0 Å². The highest BCUT2D eigenvalue weighted by molar-refractivity contribution is 4.88. The average Bonchev–Trinajstić information content (AvgIpc) is 2.64. The lowest BCUT2D eigenvalue weighted by Gasteiger charge is -1.90. The van der Waals surface area contributed by atoms with Gasteiger partial charge in [0.1, 0.15) is 0 Å². The first-order valence-electron chi connectivity index (χ1n) is 10.9. The summed E-state index contributed by atoms with van der Waals surface area (Å²) in [6.45, 7) is 26.6. The summed E-state index contributed by atoms with van der Waals surface area (Å²) in [6.07, 6.45) is 8.72. The van der Waals surface area contributed by atoms with Gasteiger partial charge < -0.3 is 0 Å². The predicted octanol–water partition coefficient (Wildman–Crippen LogP) is 9.29. The molecule has 1 heteroatoms. The minimum atomic E-state index is 0.884. The Morgan fingerprint density at radius 2 is 0.654 bits per heavy atom. The van der Waals surface area contributed by atoms with Gasteiger partial charge in [0.05, 0.1) is 0 Å². The van der Waals surface area contributed by atoms with Gasteiger partial charge in [-0.05, 0) is 35.8 Å². The second kappa shape index (κ2) is 28.9. The molecule has 0 spiro atoms. The highest BCUT2D eigenvalue weighted by Gasteiger charge is 1.81. The van der Waals surface area contributed by atoms with Crippen LogP contribution in [0.2, 0.25) is 0 Å². The number of pyridine rings is 1. The summed E-state index contributed by atoms with van der Waals surface area (Å²) in [5.41, 5.74) is 0. The van der Waals surface area contributed by atoms with Gasteiger partial charge >= 0.3 is 0 Å². The summed E-state index contributed by atoms with van der Waals surface area (Å²) in [4.78, 5) is 3.78. The van der Waals surface area contributed by atoms with Crippen LogP contribution < -0.4 is 0 Å². The highest BCUT2D eigenvalue weighted by atomic mass is 14.6. The molecule has 0 aliphatic heterocycles. The van der Waals surface area contributed by atoms with E-state index in [-0.39, 0.29) is 0 Å². The van der Waals surface area contributed by atoms with Crippen molar-refractivity contribution in [2.45, 2.75) is 109 Å². The van der Waals surface area contributed by atoms with Crippen LogP contribution in [-0.2, 0) is 0 Å². The Balaban J connectivity index is -0.000000117. The number of hydrogen-bond acceptors (Lipinski definition) is 1. The summed E-state index contributed by atoms with van der Waals surface area (Å²) >= 11 is 0. The molecule has 0 amide bonds. The van der Waals surface area contributed by atoms with E-state index >= 15 is 0 Å². The topological polar surface area (TPSA) is 12.9 Å². The van der Waals surface area contributed by atoms with Crippen molar-refractivity contribution in [1.82, 2.24) is 4.98 Å². The molecule has 0 atom stereocenters. The number of hydrogen-bond donors (Lipinski definition) is 0. The Bertz CT molecular complexity index is 230. The molecule has 0 N–H and O–H groups in total. The van der Waals surface area contributed by atoms with E-state index in [2.05, 4.69) is 88.1 Å².